The summed E-state index contributed by atoms with van der Waals surface area (Å²) in [4.78, 5) is 35.3. The molecular weight excluding hydrogens is 388 g/mol. The number of rotatable bonds is 9. The van der Waals surface area contributed by atoms with Crippen LogP contribution in [0.2, 0.25) is 0 Å². The third kappa shape index (κ3) is 6.37. The van der Waals surface area contributed by atoms with Crippen molar-refractivity contribution in [2.45, 2.75) is 20.0 Å². The van der Waals surface area contributed by atoms with E-state index in [1.54, 1.807) is 31.4 Å². The lowest BCUT2D eigenvalue weighted by atomic mass is 10.2. The van der Waals surface area contributed by atoms with E-state index >= 15 is 0 Å². The minimum absolute atomic E-state index is 0.323. The maximum absolute atomic E-state index is 12.2. The van der Waals surface area contributed by atoms with Crippen LogP contribution in [0.5, 0.6) is 11.5 Å². The van der Waals surface area contributed by atoms with E-state index in [1.807, 2.05) is 6.92 Å². The summed E-state index contributed by atoms with van der Waals surface area (Å²) >= 11 is 0. The van der Waals surface area contributed by atoms with Gasteiger partial charge in [0.25, 0.3) is 5.91 Å². The third-order valence-electron chi connectivity index (χ3n) is 4.00. The lowest BCUT2D eigenvalue weighted by molar-refractivity contribution is -0.148. The Labute approximate surface area is 174 Å². The van der Waals surface area contributed by atoms with E-state index < -0.39 is 23.9 Å². The molecule has 2 aromatic carbocycles. The number of amides is 2. The van der Waals surface area contributed by atoms with Gasteiger partial charge in [0.05, 0.1) is 13.7 Å². The number of carbonyl (C=O) groups excluding carboxylic acids is 3. The Hall–Kier alpha value is -3.81. The fourth-order valence-electron chi connectivity index (χ4n) is 2.46. The number of primary amides is 1. The Morgan fingerprint density at radius 1 is 1.10 bits per heavy atom. The molecule has 158 valence electrons. The van der Waals surface area contributed by atoms with Crippen LogP contribution in [0, 0.1) is 0 Å². The Morgan fingerprint density at radius 3 is 2.40 bits per heavy atom. The standard InChI is InChI=1S/C22H24N2O6/c1-4-29-19-13-15(5-11-18(19)28-3)6-12-20(25)30-14(2)22(27)24-17-9-7-16(8-10-17)21(23)26/h5-14H,4H2,1-3H3,(H2,23,26)(H,24,27)/b12-6+/t14-/m1/s1. The number of methoxy groups -OCH3 is 1. The van der Waals surface area contributed by atoms with Crippen molar-refractivity contribution in [3.05, 3.63) is 59.7 Å². The molecule has 0 bridgehead atoms. The van der Waals surface area contributed by atoms with Crippen molar-refractivity contribution in [1.82, 2.24) is 0 Å². The molecule has 0 radical (unpaired) electrons. The van der Waals surface area contributed by atoms with Crippen LogP contribution in [0.25, 0.3) is 6.08 Å². The normalized spacial score (nSPS) is 11.6. The minimum atomic E-state index is -1.02. The number of carbonyl (C=O) groups is 3. The molecule has 0 fully saturated rings. The quantitative estimate of drug-likeness (QED) is 0.483. The van der Waals surface area contributed by atoms with Gasteiger partial charge in [-0.05, 0) is 61.9 Å². The Kier molecular flexibility index (Phi) is 7.99. The highest BCUT2D eigenvalue weighted by Crippen LogP contribution is 2.28. The Balaban J connectivity index is 1.94. The van der Waals surface area contributed by atoms with Crippen molar-refractivity contribution in [3.63, 3.8) is 0 Å². The summed E-state index contributed by atoms with van der Waals surface area (Å²) < 4.78 is 15.8. The van der Waals surface area contributed by atoms with Gasteiger partial charge in [-0.2, -0.15) is 0 Å². The third-order valence-corrected chi connectivity index (χ3v) is 4.00. The van der Waals surface area contributed by atoms with Crippen LogP contribution >= 0.6 is 0 Å². The van der Waals surface area contributed by atoms with Gasteiger partial charge < -0.3 is 25.3 Å². The van der Waals surface area contributed by atoms with Crippen LogP contribution < -0.4 is 20.5 Å². The fraction of sp³-hybridized carbons (Fsp3) is 0.227. The molecule has 8 nitrogen and oxygen atoms in total. The van der Waals surface area contributed by atoms with Crippen molar-refractivity contribution in [2.75, 3.05) is 19.0 Å². The van der Waals surface area contributed by atoms with Crippen molar-refractivity contribution < 1.29 is 28.6 Å². The van der Waals surface area contributed by atoms with E-state index in [0.717, 1.165) is 0 Å². The molecule has 0 spiro atoms. The molecule has 0 saturated carbocycles. The number of ether oxygens (including phenoxy) is 3. The summed E-state index contributed by atoms with van der Waals surface area (Å²) in [6.07, 6.45) is 1.76. The molecule has 2 amide bonds. The number of anilines is 1. The lowest BCUT2D eigenvalue weighted by Crippen LogP contribution is -2.29. The average Bonchev–Trinajstić information content (AvgIpc) is 2.73. The van der Waals surface area contributed by atoms with E-state index in [0.29, 0.717) is 34.9 Å². The van der Waals surface area contributed by atoms with Crippen molar-refractivity contribution in [1.29, 1.82) is 0 Å². The Bertz CT molecular complexity index is 937. The smallest absolute Gasteiger partial charge is 0.331 e. The number of nitrogens with one attached hydrogen (secondary N) is 1. The van der Waals surface area contributed by atoms with Crippen LogP contribution in [-0.4, -0.2) is 37.6 Å². The van der Waals surface area contributed by atoms with Crippen LogP contribution in [0.15, 0.2) is 48.5 Å². The van der Waals surface area contributed by atoms with Gasteiger partial charge in [0.15, 0.2) is 17.6 Å². The van der Waals surface area contributed by atoms with E-state index in [-0.39, 0.29) is 0 Å². The number of esters is 1. The van der Waals surface area contributed by atoms with Crippen molar-refractivity contribution in [2.24, 2.45) is 5.73 Å². The zero-order valence-electron chi connectivity index (χ0n) is 17.0. The molecule has 0 saturated heterocycles. The SMILES string of the molecule is CCOc1cc(/C=C/C(=O)O[C@H](C)C(=O)Nc2ccc(C(N)=O)cc2)ccc1OC. The molecule has 1 atom stereocenters. The molecule has 0 aliphatic heterocycles. The molecule has 2 rings (SSSR count). The second-order valence-corrected chi connectivity index (χ2v) is 6.19. The maximum atomic E-state index is 12.2. The highest BCUT2D eigenvalue weighted by molar-refractivity contribution is 5.97. The lowest BCUT2D eigenvalue weighted by Gasteiger charge is -2.12. The molecule has 0 aromatic heterocycles. The fourth-order valence-corrected chi connectivity index (χ4v) is 2.46. The van der Waals surface area contributed by atoms with Crippen LogP contribution in [0.1, 0.15) is 29.8 Å². The number of nitrogens with two attached hydrogens (primary N) is 1. The first-order chi connectivity index (χ1) is 14.3. The number of benzene rings is 2. The minimum Gasteiger partial charge on any atom is -0.493 e. The van der Waals surface area contributed by atoms with E-state index in [2.05, 4.69) is 5.32 Å². The highest BCUT2D eigenvalue weighted by atomic mass is 16.5. The van der Waals surface area contributed by atoms with Crippen LogP contribution in [0.3, 0.4) is 0 Å². The van der Waals surface area contributed by atoms with Gasteiger partial charge in [0.1, 0.15) is 0 Å². The van der Waals surface area contributed by atoms with Crippen LogP contribution in [-0.2, 0) is 14.3 Å². The predicted molar refractivity (Wildman–Crippen MR) is 112 cm³/mol. The van der Waals surface area contributed by atoms with Gasteiger partial charge in [-0.15, -0.1) is 0 Å². The summed E-state index contributed by atoms with van der Waals surface area (Å²) in [6.45, 7) is 3.79. The first-order valence-corrected chi connectivity index (χ1v) is 9.24. The predicted octanol–water partition coefficient (Wildman–Crippen LogP) is 2.78. The molecule has 0 aliphatic rings. The van der Waals surface area contributed by atoms with Gasteiger partial charge >= 0.3 is 5.97 Å². The van der Waals surface area contributed by atoms with E-state index in [9.17, 15) is 14.4 Å². The first kappa shape index (κ1) is 22.5. The summed E-state index contributed by atoms with van der Waals surface area (Å²) in [5.74, 6) is -0.592. The maximum Gasteiger partial charge on any atom is 0.331 e. The summed E-state index contributed by atoms with van der Waals surface area (Å²) in [6, 6.07) is 11.3. The second-order valence-electron chi connectivity index (χ2n) is 6.19. The molecule has 2 aromatic rings. The molecular formula is C22H24N2O6. The largest absolute Gasteiger partial charge is 0.493 e. The molecule has 3 N–H and O–H groups in total. The van der Waals surface area contributed by atoms with Gasteiger partial charge in [0, 0.05) is 17.3 Å². The molecule has 0 aliphatic carbocycles. The van der Waals surface area contributed by atoms with Crippen LogP contribution in [0.4, 0.5) is 5.69 Å². The van der Waals surface area contributed by atoms with E-state index in [4.69, 9.17) is 19.9 Å². The van der Waals surface area contributed by atoms with Gasteiger partial charge in [0.2, 0.25) is 5.91 Å². The zero-order chi connectivity index (χ0) is 22.1. The van der Waals surface area contributed by atoms with Gasteiger partial charge in [-0.3, -0.25) is 9.59 Å². The molecule has 8 heteroatoms. The van der Waals surface area contributed by atoms with Gasteiger partial charge in [-0.1, -0.05) is 6.07 Å². The second kappa shape index (κ2) is 10.7. The van der Waals surface area contributed by atoms with Crippen molar-refractivity contribution in [3.8, 4) is 11.5 Å². The average molecular weight is 412 g/mol. The monoisotopic (exact) mass is 412 g/mol. The first-order valence-electron chi connectivity index (χ1n) is 9.24. The van der Waals surface area contributed by atoms with E-state index in [1.165, 1.54) is 37.3 Å². The van der Waals surface area contributed by atoms with Crippen molar-refractivity contribution >= 4 is 29.5 Å². The number of hydrogen-bond donors (Lipinski definition) is 2. The molecule has 0 heterocycles. The zero-order valence-corrected chi connectivity index (χ0v) is 17.0. The molecule has 0 unspecified atom stereocenters. The summed E-state index contributed by atoms with van der Waals surface area (Å²) in [7, 11) is 1.54. The summed E-state index contributed by atoms with van der Waals surface area (Å²) in [5, 5.41) is 2.60. The number of hydrogen-bond acceptors (Lipinski definition) is 6. The van der Waals surface area contributed by atoms with Gasteiger partial charge in [-0.25, -0.2) is 4.79 Å². The Morgan fingerprint density at radius 2 is 1.80 bits per heavy atom. The highest BCUT2D eigenvalue weighted by Gasteiger charge is 2.17. The topological polar surface area (TPSA) is 117 Å². The summed E-state index contributed by atoms with van der Waals surface area (Å²) in [5.41, 5.74) is 6.66. The molecule has 30 heavy (non-hydrogen) atoms.